The molecule has 0 N–H and O–H groups in total. The largest absolute Gasteiger partial charge is 0.305 e. The lowest BCUT2D eigenvalue weighted by Gasteiger charge is -2.24. The highest BCUT2D eigenvalue weighted by atomic mass is 19.3. The first kappa shape index (κ1) is 14.6. The van der Waals surface area contributed by atoms with E-state index in [1.807, 2.05) is 6.92 Å². The smallest absolute Gasteiger partial charge is 0.293 e. The summed E-state index contributed by atoms with van der Waals surface area (Å²) in [6.45, 7) is 3.98. The minimum Gasteiger partial charge on any atom is -0.293 e. The maximum absolute atomic E-state index is 13.5. The van der Waals surface area contributed by atoms with Gasteiger partial charge in [0.2, 0.25) is 5.78 Å². The summed E-state index contributed by atoms with van der Waals surface area (Å²) in [5.74, 6) is -3.94. The van der Waals surface area contributed by atoms with Gasteiger partial charge < -0.3 is 0 Å². The molecule has 0 amide bonds. The molecular formula is C14H24F2O. The van der Waals surface area contributed by atoms with Crippen LogP contribution in [0.3, 0.4) is 0 Å². The number of alkyl halides is 2. The average molecular weight is 246 g/mol. The maximum atomic E-state index is 13.5. The van der Waals surface area contributed by atoms with Crippen molar-refractivity contribution in [2.75, 3.05) is 0 Å². The van der Waals surface area contributed by atoms with Crippen LogP contribution in [0.25, 0.3) is 0 Å². The van der Waals surface area contributed by atoms with Gasteiger partial charge in [-0.1, -0.05) is 33.1 Å². The van der Waals surface area contributed by atoms with Crippen molar-refractivity contribution in [3.63, 3.8) is 0 Å². The Hall–Kier alpha value is -0.470. The molecule has 17 heavy (non-hydrogen) atoms. The summed E-state index contributed by atoms with van der Waals surface area (Å²) >= 11 is 0. The Balaban J connectivity index is 2.37. The predicted octanol–water partition coefficient (Wildman–Crippen LogP) is 4.74. The van der Waals surface area contributed by atoms with E-state index in [-0.39, 0.29) is 18.3 Å². The van der Waals surface area contributed by atoms with Crippen LogP contribution in [0.15, 0.2) is 0 Å². The summed E-state index contributed by atoms with van der Waals surface area (Å²) in [6.07, 6.45) is 6.06. The van der Waals surface area contributed by atoms with Crippen molar-refractivity contribution in [1.82, 2.24) is 0 Å². The fourth-order valence-electron chi connectivity index (χ4n) is 2.61. The number of Topliss-reactive ketones (excluding diaryl/α,β-unsaturated/α-hetero) is 1. The van der Waals surface area contributed by atoms with Gasteiger partial charge in [-0.3, -0.25) is 4.79 Å². The van der Waals surface area contributed by atoms with Crippen LogP contribution in [-0.2, 0) is 4.79 Å². The van der Waals surface area contributed by atoms with Gasteiger partial charge in [0.15, 0.2) is 0 Å². The van der Waals surface area contributed by atoms with Crippen molar-refractivity contribution >= 4 is 5.78 Å². The molecule has 0 radical (unpaired) electrons. The number of carbonyl (C=O) groups is 1. The highest BCUT2D eigenvalue weighted by molar-refractivity contribution is 5.85. The van der Waals surface area contributed by atoms with Gasteiger partial charge in [-0.2, -0.15) is 8.78 Å². The van der Waals surface area contributed by atoms with Gasteiger partial charge in [-0.25, -0.2) is 0 Å². The van der Waals surface area contributed by atoms with Crippen LogP contribution in [0.2, 0.25) is 0 Å². The molecule has 0 aliphatic heterocycles. The lowest BCUT2D eigenvalue weighted by atomic mass is 9.82. The Labute approximate surface area is 103 Å². The minimum absolute atomic E-state index is 0.0488. The minimum atomic E-state index is -3.09. The third-order valence-corrected chi connectivity index (χ3v) is 4.02. The highest BCUT2D eigenvalue weighted by Crippen LogP contribution is 2.42. The molecule has 0 saturated heterocycles. The molecule has 0 aromatic rings. The number of carbonyl (C=O) groups excluding carboxylic acids is 1. The number of halogens is 2. The zero-order valence-electron chi connectivity index (χ0n) is 11.0. The molecule has 1 aliphatic rings. The number of hydrogen-bond donors (Lipinski definition) is 0. The fourth-order valence-corrected chi connectivity index (χ4v) is 2.61. The van der Waals surface area contributed by atoms with E-state index < -0.39 is 11.7 Å². The lowest BCUT2D eigenvalue weighted by molar-refractivity contribution is -0.144. The SMILES string of the molecule is CCCCC(F)(F)C(=O)CCC1(C)CCCC1. The van der Waals surface area contributed by atoms with Gasteiger partial charge in [0.05, 0.1) is 0 Å². The Morgan fingerprint density at radius 1 is 1.29 bits per heavy atom. The Morgan fingerprint density at radius 3 is 2.41 bits per heavy atom. The third-order valence-electron chi connectivity index (χ3n) is 4.02. The molecule has 1 rings (SSSR count). The van der Waals surface area contributed by atoms with E-state index in [2.05, 4.69) is 6.92 Å². The van der Waals surface area contributed by atoms with Crippen molar-refractivity contribution in [3.05, 3.63) is 0 Å². The van der Waals surface area contributed by atoms with Crippen LogP contribution in [0.4, 0.5) is 8.78 Å². The molecular weight excluding hydrogens is 222 g/mol. The van der Waals surface area contributed by atoms with Crippen molar-refractivity contribution in [1.29, 1.82) is 0 Å². The molecule has 0 heterocycles. The molecule has 0 aromatic heterocycles. The topological polar surface area (TPSA) is 17.1 Å². The van der Waals surface area contributed by atoms with Crippen LogP contribution < -0.4 is 0 Å². The first-order chi connectivity index (χ1) is 7.90. The van der Waals surface area contributed by atoms with E-state index in [4.69, 9.17) is 0 Å². The fraction of sp³-hybridized carbons (Fsp3) is 0.929. The molecule has 1 nitrogen and oxygen atoms in total. The van der Waals surface area contributed by atoms with E-state index in [9.17, 15) is 13.6 Å². The quantitative estimate of drug-likeness (QED) is 0.634. The molecule has 1 fully saturated rings. The molecule has 0 spiro atoms. The highest BCUT2D eigenvalue weighted by Gasteiger charge is 2.38. The van der Waals surface area contributed by atoms with Gasteiger partial charge in [0.1, 0.15) is 0 Å². The molecule has 100 valence electrons. The molecule has 1 saturated carbocycles. The monoisotopic (exact) mass is 246 g/mol. The molecule has 0 unspecified atom stereocenters. The van der Waals surface area contributed by atoms with Crippen LogP contribution in [-0.4, -0.2) is 11.7 Å². The molecule has 3 heteroatoms. The van der Waals surface area contributed by atoms with E-state index in [1.54, 1.807) is 0 Å². The standard InChI is InChI=1S/C14H24F2O/c1-3-4-10-14(15,16)12(17)7-11-13(2)8-5-6-9-13/h3-11H2,1-2H3. The third kappa shape index (κ3) is 4.36. The van der Waals surface area contributed by atoms with Crippen molar-refractivity contribution in [3.8, 4) is 0 Å². The summed E-state index contributed by atoms with van der Waals surface area (Å²) in [7, 11) is 0. The van der Waals surface area contributed by atoms with Gasteiger partial charge >= 0.3 is 5.92 Å². The molecule has 0 bridgehead atoms. The number of ketones is 1. The van der Waals surface area contributed by atoms with Crippen LogP contribution >= 0.6 is 0 Å². The Morgan fingerprint density at radius 2 is 1.88 bits per heavy atom. The second-order valence-corrected chi connectivity index (χ2v) is 5.75. The van der Waals surface area contributed by atoms with Gasteiger partial charge in [-0.05, 0) is 31.1 Å². The predicted molar refractivity (Wildman–Crippen MR) is 65.3 cm³/mol. The molecule has 0 aromatic carbocycles. The number of hydrogen-bond acceptors (Lipinski definition) is 1. The Kier molecular flexibility index (Phi) is 5.08. The Bertz CT molecular complexity index is 255. The summed E-state index contributed by atoms with van der Waals surface area (Å²) < 4.78 is 26.9. The average Bonchev–Trinajstić information content (AvgIpc) is 2.71. The zero-order chi connectivity index (χ0) is 12.9. The van der Waals surface area contributed by atoms with E-state index in [0.717, 1.165) is 12.8 Å². The van der Waals surface area contributed by atoms with Crippen molar-refractivity contribution in [2.45, 2.75) is 77.6 Å². The van der Waals surface area contributed by atoms with Gasteiger partial charge in [0.25, 0.3) is 0 Å². The number of rotatable bonds is 7. The van der Waals surface area contributed by atoms with Gasteiger partial charge in [-0.15, -0.1) is 0 Å². The zero-order valence-corrected chi connectivity index (χ0v) is 11.0. The summed E-state index contributed by atoms with van der Waals surface area (Å²) in [5.41, 5.74) is 0.135. The normalized spacial score (nSPS) is 19.5. The van der Waals surface area contributed by atoms with Gasteiger partial charge in [0, 0.05) is 12.8 Å². The van der Waals surface area contributed by atoms with Crippen molar-refractivity contribution < 1.29 is 13.6 Å². The lowest BCUT2D eigenvalue weighted by Crippen LogP contribution is -2.29. The first-order valence-corrected chi connectivity index (χ1v) is 6.81. The van der Waals surface area contributed by atoms with Crippen LogP contribution in [0.5, 0.6) is 0 Å². The molecule has 1 aliphatic carbocycles. The van der Waals surface area contributed by atoms with E-state index >= 15 is 0 Å². The van der Waals surface area contributed by atoms with Crippen molar-refractivity contribution in [2.24, 2.45) is 5.41 Å². The summed E-state index contributed by atoms with van der Waals surface area (Å²) in [5, 5.41) is 0. The first-order valence-electron chi connectivity index (χ1n) is 6.81. The second-order valence-electron chi connectivity index (χ2n) is 5.75. The number of unbranched alkanes of at least 4 members (excludes halogenated alkanes) is 1. The van der Waals surface area contributed by atoms with Crippen LogP contribution in [0.1, 0.15) is 71.6 Å². The summed E-state index contributed by atoms with van der Waals surface area (Å²) in [6, 6.07) is 0. The summed E-state index contributed by atoms with van der Waals surface area (Å²) in [4.78, 5) is 11.5. The second kappa shape index (κ2) is 5.92. The molecule has 0 atom stereocenters. The van der Waals surface area contributed by atoms with E-state index in [0.29, 0.717) is 19.3 Å². The van der Waals surface area contributed by atoms with E-state index in [1.165, 1.54) is 12.8 Å². The van der Waals surface area contributed by atoms with Crippen LogP contribution in [0, 0.1) is 5.41 Å². The maximum Gasteiger partial charge on any atom is 0.305 e.